The average molecular weight is 167 g/mol. The summed E-state index contributed by atoms with van der Waals surface area (Å²) >= 11 is 0. The standard InChI is InChI=1S/C9H15N.C2H6/c1-4-6-8-9(10-3)7-5-2;1-2/h4-8,10H,1-3H3;1-2H3/b6-4-,7-5-,9-8+;. The van der Waals surface area contributed by atoms with Gasteiger partial charge in [-0.15, -0.1) is 0 Å². The zero-order chi connectivity index (χ0) is 9.82. The van der Waals surface area contributed by atoms with E-state index >= 15 is 0 Å². The largest absolute Gasteiger partial charge is 0.388 e. The van der Waals surface area contributed by atoms with Crippen molar-refractivity contribution < 1.29 is 0 Å². The van der Waals surface area contributed by atoms with E-state index < -0.39 is 0 Å². The first-order valence-electron chi connectivity index (χ1n) is 4.48. The van der Waals surface area contributed by atoms with Gasteiger partial charge in [0.25, 0.3) is 0 Å². The molecule has 0 radical (unpaired) electrons. The molecule has 0 aliphatic carbocycles. The van der Waals surface area contributed by atoms with Gasteiger partial charge in [-0.05, 0) is 26.0 Å². The van der Waals surface area contributed by atoms with Crippen molar-refractivity contribution >= 4 is 0 Å². The third-order valence-electron chi connectivity index (χ3n) is 1.10. The fourth-order valence-electron chi connectivity index (χ4n) is 0.602. The van der Waals surface area contributed by atoms with E-state index in [2.05, 4.69) is 5.32 Å². The van der Waals surface area contributed by atoms with E-state index in [-0.39, 0.29) is 0 Å². The van der Waals surface area contributed by atoms with Crippen LogP contribution in [0.3, 0.4) is 0 Å². The summed E-state index contributed by atoms with van der Waals surface area (Å²) < 4.78 is 0. The van der Waals surface area contributed by atoms with Crippen LogP contribution in [0.1, 0.15) is 27.7 Å². The molecule has 0 atom stereocenters. The van der Waals surface area contributed by atoms with Gasteiger partial charge in [0.2, 0.25) is 0 Å². The molecule has 1 heteroatoms. The molecular formula is C11H21N. The van der Waals surface area contributed by atoms with Crippen molar-refractivity contribution in [2.75, 3.05) is 7.05 Å². The smallest absolute Gasteiger partial charge is 0.0334 e. The number of hydrogen-bond acceptors (Lipinski definition) is 1. The zero-order valence-electron chi connectivity index (χ0n) is 8.89. The Labute approximate surface area is 76.9 Å². The Kier molecular flexibility index (Phi) is 14.4. The first-order chi connectivity index (χ1) is 5.85. The monoisotopic (exact) mass is 167 g/mol. The fourth-order valence-corrected chi connectivity index (χ4v) is 0.602. The van der Waals surface area contributed by atoms with Crippen LogP contribution in [-0.2, 0) is 0 Å². The molecule has 0 aromatic carbocycles. The lowest BCUT2D eigenvalue weighted by molar-refractivity contribution is 1.03. The summed E-state index contributed by atoms with van der Waals surface area (Å²) in [6, 6.07) is 0. The van der Waals surface area contributed by atoms with Crippen LogP contribution in [-0.4, -0.2) is 7.05 Å². The molecule has 70 valence electrons. The van der Waals surface area contributed by atoms with Gasteiger partial charge < -0.3 is 5.32 Å². The average Bonchev–Trinajstić information content (AvgIpc) is 2.15. The van der Waals surface area contributed by atoms with E-state index in [1.807, 2.05) is 65.1 Å². The van der Waals surface area contributed by atoms with E-state index in [9.17, 15) is 0 Å². The lowest BCUT2D eigenvalue weighted by Crippen LogP contribution is -2.01. The van der Waals surface area contributed by atoms with Gasteiger partial charge in [0.15, 0.2) is 0 Å². The number of hydrogen-bond donors (Lipinski definition) is 1. The van der Waals surface area contributed by atoms with Gasteiger partial charge in [0.1, 0.15) is 0 Å². The van der Waals surface area contributed by atoms with Crippen molar-refractivity contribution in [3.8, 4) is 0 Å². The molecule has 0 bridgehead atoms. The molecule has 0 aromatic heterocycles. The van der Waals surface area contributed by atoms with E-state index in [0.717, 1.165) is 5.70 Å². The van der Waals surface area contributed by atoms with Crippen molar-refractivity contribution in [1.82, 2.24) is 5.32 Å². The van der Waals surface area contributed by atoms with Crippen molar-refractivity contribution in [1.29, 1.82) is 0 Å². The molecule has 0 aliphatic rings. The Balaban J connectivity index is 0. The number of rotatable bonds is 3. The number of likely N-dealkylation sites (N-methyl/N-ethyl adjacent to an activating group) is 1. The molecule has 0 unspecified atom stereocenters. The van der Waals surface area contributed by atoms with Gasteiger partial charge in [0, 0.05) is 12.7 Å². The molecule has 0 heterocycles. The first-order valence-corrected chi connectivity index (χ1v) is 4.48. The zero-order valence-corrected chi connectivity index (χ0v) is 8.89. The van der Waals surface area contributed by atoms with Gasteiger partial charge in [-0.2, -0.15) is 0 Å². The molecular weight excluding hydrogens is 146 g/mol. The Hall–Kier alpha value is -0.980. The maximum Gasteiger partial charge on any atom is 0.0334 e. The van der Waals surface area contributed by atoms with Crippen LogP contribution < -0.4 is 5.32 Å². The second-order valence-electron chi connectivity index (χ2n) is 1.90. The van der Waals surface area contributed by atoms with Crippen LogP contribution in [0.15, 0.2) is 36.1 Å². The van der Waals surface area contributed by atoms with Gasteiger partial charge in [-0.25, -0.2) is 0 Å². The Morgan fingerprint density at radius 1 is 1.08 bits per heavy atom. The topological polar surface area (TPSA) is 12.0 Å². The molecule has 1 nitrogen and oxygen atoms in total. The number of nitrogens with one attached hydrogen (secondary N) is 1. The molecule has 1 N–H and O–H groups in total. The van der Waals surface area contributed by atoms with E-state index in [1.54, 1.807) is 0 Å². The van der Waals surface area contributed by atoms with Crippen LogP contribution in [0.25, 0.3) is 0 Å². The summed E-state index contributed by atoms with van der Waals surface area (Å²) in [6.45, 7) is 8.00. The molecule has 0 spiro atoms. The Morgan fingerprint density at radius 3 is 2.00 bits per heavy atom. The third-order valence-corrected chi connectivity index (χ3v) is 1.10. The normalized spacial score (nSPS) is 11.6. The third kappa shape index (κ3) is 9.02. The molecule has 0 aliphatic heterocycles. The van der Waals surface area contributed by atoms with Gasteiger partial charge in [0.05, 0.1) is 0 Å². The van der Waals surface area contributed by atoms with Crippen molar-refractivity contribution in [2.24, 2.45) is 0 Å². The SMILES string of the molecule is CC.C\C=C/C=C(\C=C/C)NC. The van der Waals surface area contributed by atoms with Gasteiger partial charge in [-0.1, -0.05) is 32.1 Å². The second kappa shape index (κ2) is 12.7. The molecule has 0 saturated heterocycles. The predicted molar refractivity (Wildman–Crippen MR) is 58.1 cm³/mol. The Bertz CT molecular complexity index is 152. The summed E-state index contributed by atoms with van der Waals surface area (Å²) in [5.74, 6) is 0. The summed E-state index contributed by atoms with van der Waals surface area (Å²) in [4.78, 5) is 0. The molecule has 12 heavy (non-hydrogen) atoms. The molecule has 0 rings (SSSR count). The van der Waals surface area contributed by atoms with Crippen molar-refractivity contribution in [3.05, 3.63) is 36.1 Å². The van der Waals surface area contributed by atoms with Crippen LogP contribution in [0, 0.1) is 0 Å². The van der Waals surface area contributed by atoms with Crippen LogP contribution in [0.2, 0.25) is 0 Å². The molecule has 0 aromatic rings. The van der Waals surface area contributed by atoms with E-state index in [4.69, 9.17) is 0 Å². The minimum atomic E-state index is 1.13. The minimum absolute atomic E-state index is 1.13. The summed E-state index contributed by atoms with van der Waals surface area (Å²) in [7, 11) is 1.91. The highest BCUT2D eigenvalue weighted by Crippen LogP contribution is 1.90. The van der Waals surface area contributed by atoms with Crippen molar-refractivity contribution in [2.45, 2.75) is 27.7 Å². The van der Waals surface area contributed by atoms with Crippen LogP contribution in [0.4, 0.5) is 0 Å². The highest BCUT2D eigenvalue weighted by atomic mass is 14.8. The molecule has 0 amide bonds. The summed E-state index contributed by atoms with van der Waals surface area (Å²) in [5.41, 5.74) is 1.13. The van der Waals surface area contributed by atoms with E-state index in [1.165, 1.54) is 0 Å². The first kappa shape index (κ1) is 13.6. The highest BCUT2D eigenvalue weighted by molar-refractivity contribution is 5.20. The van der Waals surface area contributed by atoms with Gasteiger partial charge >= 0.3 is 0 Å². The molecule has 0 fully saturated rings. The van der Waals surface area contributed by atoms with Crippen LogP contribution >= 0.6 is 0 Å². The fraction of sp³-hybridized carbons (Fsp3) is 0.455. The maximum atomic E-state index is 3.06. The minimum Gasteiger partial charge on any atom is -0.388 e. The van der Waals surface area contributed by atoms with E-state index in [0.29, 0.717) is 0 Å². The van der Waals surface area contributed by atoms with Gasteiger partial charge in [-0.3, -0.25) is 0 Å². The summed E-state index contributed by atoms with van der Waals surface area (Å²) in [5, 5.41) is 3.06. The predicted octanol–water partition coefficient (Wildman–Crippen LogP) is 3.27. The summed E-state index contributed by atoms with van der Waals surface area (Å²) in [6.07, 6.45) is 10.1. The second-order valence-corrected chi connectivity index (χ2v) is 1.90. The quantitative estimate of drug-likeness (QED) is 0.636. The lowest BCUT2D eigenvalue weighted by Gasteiger charge is -1.96. The molecule has 0 saturated carbocycles. The number of allylic oxidation sites excluding steroid dienone is 5. The Morgan fingerprint density at radius 2 is 1.67 bits per heavy atom. The van der Waals surface area contributed by atoms with Crippen molar-refractivity contribution in [3.63, 3.8) is 0 Å². The van der Waals surface area contributed by atoms with Crippen LogP contribution in [0.5, 0.6) is 0 Å². The lowest BCUT2D eigenvalue weighted by atomic mass is 10.3. The maximum absolute atomic E-state index is 3.06. The highest BCUT2D eigenvalue weighted by Gasteiger charge is 1.79.